The Kier molecular flexibility index (Phi) is 5.59. The highest BCUT2D eigenvalue weighted by Gasteiger charge is 2.17. The molecule has 1 aromatic carbocycles. The van der Waals surface area contributed by atoms with E-state index in [4.69, 9.17) is 9.47 Å². The van der Waals surface area contributed by atoms with Crippen molar-refractivity contribution in [1.29, 1.82) is 5.26 Å². The van der Waals surface area contributed by atoms with Gasteiger partial charge in [-0.1, -0.05) is 30.3 Å². The SMILES string of the molecule is N#Cc1cc(-c2ccccc2)sc1NC(=O)COCC1CCCO1. The largest absolute Gasteiger partial charge is 0.376 e. The zero-order valence-electron chi connectivity index (χ0n) is 13.2. The fourth-order valence-corrected chi connectivity index (χ4v) is 3.56. The molecule has 124 valence electrons. The van der Waals surface area contributed by atoms with Crippen molar-refractivity contribution in [3.8, 4) is 16.5 Å². The third kappa shape index (κ3) is 4.20. The summed E-state index contributed by atoms with van der Waals surface area (Å²) >= 11 is 1.39. The van der Waals surface area contributed by atoms with E-state index in [1.807, 2.05) is 30.3 Å². The highest BCUT2D eigenvalue weighted by Crippen LogP contribution is 2.34. The lowest BCUT2D eigenvalue weighted by atomic mass is 10.2. The number of nitrogens with zero attached hydrogens (tertiary/aromatic N) is 1. The van der Waals surface area contributed by atoms with Crippen LogP contribution >= 0.6 is 11.3 Å². The Balaban J connectivity index is 1.58. The molecule has 5 nitrogen and oxygen atoms in total. The maximum Gasteiger partial charge on any atom is 0.251 e. The number of carbonyl (C=O) groups excluding carboxylic acids is 1. The first-order chi connectivity index (χ1) is 11.8. The summed E-state index contributed by atoms with van der Waals surface area (Å²) in [6.07, 6.45) is 2.12. The number of ether oxygens (including phenoxy) is 2. The molecule has 0 spiro atoms. The molecule has 1 atom stereocenters. The van der Waals surface area contributed by atoms with Crippen LogP contribution in [0.25, 0.3) is 10.4 Å². The van der Waals surface area contributed by atoms with Crippen LogP contribution in [-0.2, 0) is 14.3 Å². The van der Waals surface area contributed by atoms with Gasteiger partial charge in [-0.2, -0.15) is 5.26 Å². The molecule has 1 unspecified atom stereocenters. The standard InChI is InChI=1S/C18H18N2O3S/c19-10-14-9-16(13-5-2-1-3-6-13)24-18(14)20-17(21)12-22-11-15-7-4-8-23-15/h1-3,5-6,9,15H,4,7-8,11-12H2,(H,20,21). The van der Waals surface area contributed by atoms with Gasteiger partial charge in [-0.3, -0.25) is 4.79 Å². The zero-order valence-corrected chi connectivity index (χ0v) is 14.0. The zero-order chi connectivity index (χ0) is 16.8. The third-order valence-corrected chi connectivity index (χ3v) is 4.82. The van der Waals surface area contributed by atoms with Crippen LogP contribution in [-0.4, -0.2) is 31.8 Å². The molecule has 1 fully saturated rings. The van der Waals surface area contributed by atoms with Crippen molar-refractivity contribution in [2.45, 2.75) is 18.9 Å². The van der Waals surface area contributed by atoms with Crippen molar-refractivity contribution in [2.24, 2.45) is 0 Å². The lowest BCUT2D eigenvalue weighted by Crippen LogP contribution is -2.22. The van der Waals surface area contributed by atoms with Crippen LogP contribution < -0.4 is 5.32 Å². The average Bonchev–Trinajstić information content (AvgIpc) is 3.25. The number of hydrogen-bond donors (Lipinski definition) is 1. The van der Waals surface area contributed by atoms with Gasteiger partial charge in [0.05, 0.1) is 18.3 Å². The Bertz CT molecular complexity index is 730. The van der Waals surface area contributed by atoms with E-state index in [2.05, 4.69) is 11.4 Å². The van der Waals surface area contributed by atoms with Gasteiger partial charge in [0.2, 0.25) is 0 Å². The molecule has 0 bridgehead atoms. The normalized spacial score (nSPS) is 16.7. The van der Waals surface area contributed by atoms with Crippen LogP contribution in [0.4, 0.5) is 5.00 Å². The third-order valence-electron chi connectivity index (χ3n) is 3.72. The van der Waals surface area contributed by atoms with E-state index in [-0.39, 0.29) is 18.6 Å². The lowest BCUT2D eigenvalue weighted by molar-refractivity contribution is -0.121. The predicted molar refractivity (Wildman–Crippen MR) is 92.9 cm³/mol. The Hall–Kier alpha value is -2.20. The second-order valence-corrected chi connectivity index (χ2v) is 6.58. The van der Waals surface area contributed by atoms with Gasteiger partial charge < -0.3 is 14.8 Å². The number of carbonyl (C=O) groups is 1. The van der Waals surface area contributed by atoms with Crippen LogP contribution in [0.5, 0.6) is 0 Å². The van der Waals surface area contributed by atoms with Crippen molar-refractivity contribution in [3.05, 3.63) is 42.0 Å². The van der Waals surface area contributed by atoms with Gasteiger partial charge in [-0.25, -0.2) is 0 Å². The number of hydrogen-bond acceptors (Lipinski definition) is 5. The van der Waals surface area contributed by atoms with Gasteiger partial charge in [0.1, 0.15) is 17.7 Å². The van der Waals surface area contributed by atoms with Gasteiger partial charge in [0.25, 0.3) is 5.91 Å². The van der Waals surface area contributed by atoms with E-state index in [1.165, 1.54) is 11.3 Å². The smallest absolute Gasteiger partial charge is 0.251 e. The summed E-state index contributed by atoms with van der Waals surface area (Å²) < 4.78 is 10.8. The second-order valence-electron chi connectivity index (χ2n) is 5.53. The molecule has 1 aromatic heterocycles. The van der Waals surface area contributed by atoms with Crippen molar-refractivity contribution < 1.29 is 14.3 Å². The van der Waals surface area contributed by atoms with Crippen molar-refractivity contribution in [2.75, 3.05) is 25.1 Å². The number of anilines is 1. The number of nitrogens with one attached hydrogen (secondary N) is 1. The minimum atomic E-state index is -0.258. The molecule has 1 N–H and O–H groups in total. The highest BCUT2D eigenvalue weighted by atomic mass is 32.1. The first-order valence-electron chi connectivity index (χ1n) is 7.85. The van der Waals surface area contributed by atoms with Crippen molar-refractivity contribution >= 4 is 22.2 Å². The highest BCUT2D eigenvalue weighted by molar-refractivity contribution is 7.19. The Morgan fingerprint density at radius 3 is 2.96 bits per heavy atom. The molecule has 1 amide bonds. The molecule has 6 heteroatoms. The van der Waals surface area contributed by atoms with Gasteiger partial charge >= 0.3 is 0 Å². The van der Waals surface area contributed by atoms with Crippen LogP contribution in [0, 0.1) is 11.3 Å². The number of amides is 1. The van der Waals surface area contributed by atoms with Gasteiger partial charge in [-0.15, -0.1) is 11.3 Å². The van der Waals surface area contributed by atoms with Crippen LogP contribution in [0.1, 0.15) is 18.4 Å². The summed E-state index contributed by atoms with van der Waals surface area (Å²) in [5.41, 5.74) is 1.49. The second kappa shape index (κ2) is 8.06. The van der Waals surface area contributed by atoms with E-state index >= 15 is 0 Å². The van der Waals surface area contributed by atoms with E-state index in [0.29, 0.717) is 17.2 Å². The number of nitriles is 1. The summed E-state index contributed by atoms with van der Waals surface area (Å²) in [6.45, 7) is 1.16. The fraction of sp³-hybridized carbons (Fsp3) is 0.333. The van der Waals surface area contributed by atoms with E-state index in [0.717, 1.165) is 29.9 Å². The minimum Gasteiger partial charge on any atom is -0.376 e. The monoisotopic (exact) mass is 342 g/mol. The summed E-state index contributed by atoms with van der Waals surface area (Å²) in [4.78, 5) is 13.0. The van der Waals surface area contributed by atoms with Crippen LogP contribution in [0.15, 0.2) is 36.4 Å². The minimum absolute atomic E-state index is 0.0384. The maximum absolute atomic E-state index is 12.0. The molecule has 2 aromatic rings. The molecular formula is C18H18N2O3S. The lowest BCUT2D eigenvalue weighted by Gasteiger charge is -2.09. The van der Waals surface area contributed by atoms with Gasteiger partial charge in [0, 0.05) is 11.5 Å². The number of rotatable bonds is 6. The van der Waals surface area contributed by atoms with E-state index in [9.17, 15) is 10.1 Å². The molecule has 0 saturated carbocycles. The molecule has 2 heterocycles. The predicted octanol–water partition coefficient (Wildman–Crippen LogP) is 3.42. The molecule has 24 heavy (non-hydrogen) atoms. The van der Waals surface area contributed by atoms with Crippen LogP contribution in [0.3, 0.4) is 0 Å². The first-order valence-corrected chi connectivity index (χ1v) is 8.66. The molecule has 0 radical (unpaired) electrons. The molecule has 1 aliphatic rings. The Morgan fingerprint density at radius 1 is 1.42 bits per heavy atom. The average molecular weight is 342 g/mol. The molecule has 1 saturated heterocycles. The number of thiophene rings is 1. The Morgan fingerprint density at radius 2 is 2.25 bits per heavy atom. The fourth-order valence-electron chi connectivity index (χ4n) is 2.53. The summed E-state index contributed by atoms with van der Waals surface area (Å²) in [5, 5.41) is 12.6. The van der Waals surface area contributed by atoms with E-state index < -0.39 is 0 Å². The summed E-state index contributed by atoms with van der Waals surface area (Å²) in [6, 6.07) is 13.7. The maximum atomic E-state index is 12.0. The van der Waals surface area contributed by atoms with Crippen molar-refractivity contribution in [1.82, 2.24) is 0 Å². The molecule has 3 rings (SSSR count). The Labute approximate surface area is 144 Å². The topological polar surface area (TPSA) is 71.4 Å². The molecule has 1 aliphatic heterocycles. The van der Waals surface area contributed by atoms with Gasteiger partial charge in [0.15, 0.2) is 0 Å². The van der Waals surface area contributed by atoms with E-state index in [1.54, 1.807) is 6.07 Å². The summed E-state index contributed by atoms with van der Waals surface area (Å²) in [5.74, 6) is -0.258. The van der Waals surface area contributed by atoms with Gasteiger partial charge in [-0.05, 0) is 24.5 Å². The van der Waals surface area contributed by atoms with Crippen molar-refractivity contribution in [3.63, 3.8) is 0 Å². The summed E-state index contributed by atoms with van der Waals surface area (Å²) in [7, 11) is 0. The number of benzene rings is 1. The van der Waals surface area contributed by atoms with Crippen LogP contribution in [0.2, 0.25) is 0 Å². The molecule has 0 aliphatic carbocycles. The first kappa shape index (κ1) is 16.7. The molecular weight excluding hydrogens is 324 g/mol. The quantitative estimate of drug-likeness (QED) is 0.873.